The summed E-state index contributed by atoms with van der Waals surface area (Å²) in [5, 5.41) is 6.86. The van der Waals surface area contributed by atoms with Crippen molar-refractivity contribution in [3.05, 3.63) is 23.8 Å². The van der Waals surface area contributed by atoms with Gasteiger partial charge < -0.3 is 29.7 Å². The van der Waals surface area contributed by atoms with Crippen LogP contribution in [-0.4, -0.2) is 94.5 Å². The van der Waals surface area contributed by atoms with Crippen LogP contribution in [-0.2, 0) is 11.3 Å². The Kier molecular flexibility index (Phi) is 14.0. The van der Waals surface area contributed by atoms with Gasteiger partial charge in [0.1, 0.15) is 6.61 Å². The van der Waals surface area contributed by atoms with E-state index in [1.54, 1.807) is 14.2 Å². The van der Waals surface area contributed by atoms with Crippen molar-refractivity contribution in [2.45, 2.75) is 39.8 Å². The molecule has 0 radical (unpaired) electrons. The van der Waals surface area contributed by atoms with Crippen molar-refractivity contribution in [3.8, 4) is 11.5 Å². The summed E-state index contributed by atoms with van der Waals surface area (Å²) in [6.45, 7) is 17.4. The first-order valence-corrected chi connectivity index (χ1v) is 11.7. The van der Waals surface area contributed by atoms with Crippen LogP contribution in [0.15, 0.2) is 23.2 Å². The van der Waals surface area contributed by atoms with Crippen LogP contribution in [0.2, 0.25) is 0 Å². The van der Waals surface area contributed by atoms with Gasteiger partial charge in [0.15, 0.2) is 17.5 Å². The second kappa shape index (κ2) is 15.6. The van der Waals surface area contributed by atoms with Crippen molar-refractivity contribution in [1.82, 2.24) is 20.4 Å². The third kappa shape index (κ3) is 9.84. The third-order valence-corrected chi connectivity index (χ3v) is 6.03. The number of morpholine rings is 1. The molecule has 1 fully saturated rings. The molecular formula is C24H44IN5O3. The van der Waals surface area contributed by atoms with Crippen molar-refractivity contribution in [3.63, 3.8) is 0 Å². The molecule has 190 valence electrons. The van der Waals surface area contributed by atoms with E-state index in [-0.39, 0.29) is 29.5 Å². The second-order valence-electron chi connectivity index (χ2n) is 8.55. The van der Waals surface area contributed by atoms with Gasteiger partial charge in [-0.3, -0.25) is 9.89 Å². The third-order valence-electron chi connectivity index (χ3n) is 6.03. The molecule has 1 aromatic rings. The Labute approximate surface area is 217 Å². The molecule has 9 heteroatoms. The maximum atomic E-state index is 5.96. The lowest BCUT2D eigenvalue weighted by Crippen LogP contribution is -2.56. The first kappa shape index (κ1) is 29.7. The monoisotopic (exact) mass is 577 g/mol. The number of nitrogens with one attached hydrogen (secondary N) is 2. The normalized spacial score (nSPS) is 15.2. The van der Waals surface area contributed by atoms with E-state index in [1.807, 2.05) is 12.1 Å². The van der Waals surface area contributed by atoms with Gasteiger partial charge in [0.05, 0.1) is 20.3 Å². The van der Waals surface area contributed by atoms with Crippen LogP contribution < -0.4 is 20.1 Å². The van der Waals surface area contributed by atoms with Crippen LogP contribution >= 0.6 is 24.0 Å². The summed E-state index contributed by atoms with van der Waals surface area (Å²) in [7, 11) is 3.47. The van der Waals surface area contributed by atoms with Gasteiger partial charge >= 0.3 is 0 Å². The van der Waals surface area contributed by atoms with Crippen LogP contribution in [0.5, 0.6) is 11.5 Å². The maximum Gasteiger partial charge on any atom is 0.191 e. The number of methoxy groups -OCH3 is 1. The Hall–Kier alpha value is -1.30. The number of rotatable bonds is 12. The molecule has 1 aliphatic heterocycles. The quantitative estimate of drug-likeness (QED) is 0.225. The molecule has 2 rings (SSSR count). The summed E-state index contributed by atoms with van der Waals surface area (Å²) in [6.07, 6.45) is 0. The highest BCUT2D eigenvalue weighted by atomic mass is 127. The molecule has 1 heterocycles. The van der Waals surface area contributed by atoms with Crippen molar-refractivity contribution >= 4 is 29.9 Å². The topological polar surface area (TPSA) is 70.6 Å². The molecular weight excluding hydrogens is 533 g/mol. The molecule has 0 unspecified atom stereocenters. The molecule has 0 atom stereocenters. The first-order valence-electron chi connectivity index (χ1n) is 11.7. The zero-order valence-corrected chi connectivity index (χ0v) is 23.6. The highest BCUT2D eigenvalue weighted by Crippen LogP contribution is 2.28. The summed E-state index contributed by atoms with van der Waals surface area (Å²) in [5.74, 6) is 2.31. The molecule has 1 aromatic carbocycles. The van der Waals surface area contributed by atoms with Crippen molar-refractivity contribution in [1.29, 1.82) is 0 Å². The number of guanidine groups is 1. The lowest BCUT2D eigenvalue weighted by atomic mass is 10.0. The van der Waals surface area contributed by atoms with E-state index < -0.39 is 0 Å². The Morgan fingerprint density at radius 2 is 1.85 bits per heavy atom. The van der Waals surface area contributed by atoms with Gasteiger partial charge in [-0.05, 0) is 44.6 Å². The summed E-state index contributed by atoms with van der Waals surface area (Å²) in [6, 6.07) is 6.06. The highest BCUT2D eigenvalue weighted by Gasteiger charge is 2.28. The molecule has 8 nitrogen and oxygen atoms in total. The van der Waals surface area contributed by atoms with Gasteiger partial charge in [-0.15, -0.1) is 24.0 Å². The van der Waals surface area contributed by atoms with Crippen LogP contribution in [0, 0.1) is 0 Å². The van der Waals surface area contributed by atoms with E-state index in [9.17, 15) is 0 Å². The van der Waals surface area contributed by atoms with E-state index in [0.717, 1.165) is 75.5 Å². The van der Waals surface area contributed by atoms with Gasteiger partial charge in [0, 0.05) is 45.3 Å². The fraction of sp³-hybridized carbons (Fsp3) is 0.708. The Morgan fingerprint density at radius 1 is 1.15 bits per heavy atom. The minimum atomic E-state index is 0. The number of nitrogens with zero attached hydrogens (tertiary/aromatic N) is 3. The van der Waals surface area contributed by atoms with E-state index in [4.69, 9.17) is 14.2 Å². The SMILES string of the molecule is CCN(CC)CCOc1ccc(CNC(=NC)NCC(C)(C)N2CCOCC2)cc1OC.I. The predicted octanol–water partition coefficient (Wildman–Crippen LogP) is 2.81. The van der Waals surface area contributed by atoms with Gasteiger partial charge in [-0.1, -0.05) is 19.9 Å². The summed E-state index contributed by atoms with van der Waals surface area (Å²) in [4.78, 5) is 9.17. The van der Waals surface area contributed by atoms with E-state index in [2.05, 4.69) is 59.2 Å². The van der Waals surface area contributed by atoms with Crippen LogP contribution in [0.25, 0.3) is 0 Å². The fourth-order valence-corrected chi connectivity index (χ4v) is 3.75. The molecule has 33 heavy (non-hydrogen) atoms. The fourth-order valence-electron chi connectivity index (χ4n) is 3.75. The molecule has 0 aliphatic carbocycles. The lowest BCUT2D eigenvalue weighted by Gasteiger charge is -2.41. The van der Waals surface area contributed by atoms with Gasteiger partial charge in [0.25, 0.3) is 0 Å². The van der Waals surface area contributed by atoms with Gasteiger partial charge in [-0.25, -0.2) is 0 Å². The predicted molar refractivity (Wildman–Crippen MR) is 146 cm³/mol. The van der Waals surface area contributed by atoms with Crippen molar-refractivity contribution in [2.75, 3.05) is 73.2 Å². The number of ether oxygens (including phenoxy) is 3. The van der Waals surface area contributed by atoms with Gasteiger partial charge in [0.2, 0.25) is 0 Å². The average Bonchev–Trinajstić information content (AvgIpc) is 2.83. The Balaban J connectivity index is 0.00000544. The minimum absolute atomic E-state index is 0. The number of hydrogen-bond donors (Lipinski definition) is 2. The molecule has 0 spiro atoms. The molecule has 1 saturated heterocycles. The van der Waals surface area contributed by atoms with E-state index >= 15 is 0 Å². The highest BCUT2D eigenvalue weighted by molar-refractivity contribution is 14.0. The van der Waals surface area contributed by atoms with Crippen molar-refractivity contribution < 1.29 is 14.2 Å². The van der Waals surface area contributed by atoms with Gasteiger partial charge in [-0.2, -0.15) is 0 Å². The summed E-state index contributed by atoms with van der Waals surface area (Å²) in [5.41, 5.74) is 1.13. The van der Waals surface area contributed by atoms with Crippen LogP contribution in [0.3, 0.4) is 0 Å². The maximum absolute atomic E-state index is 5.96. The van der Waals surface area contributed by atoms with Crippen molar-refractivity contribution in [2.24, 2.45) is 4.99 Å². The number of aliphatic imine (C=N–C) groups is 1. The molecule has 0 bridgehead atoms. The van der Waals surface area contributed by atoms with Crippen LogP contribution in [0.4, 0.5) is 0 Å². The molecule has 0 amide bonds. The minimum Gasteiger partial charge on any atom is -0.493 e. The Bertz CT molecular complexity index is 707. The zero-order chi connectivity index (χ0) is 23.4. The molecule has 0 aromatic heterocycles. The molecule has 2 N–H and O–H groups in total. The smallest absolute Gasteiger partial charge is 0.191 e. The summed E-state index contributed by atoms with van der Waals surface area (Å²) >= 11 is 0. The number of benzene rings is 1. The van der Waals surface area contributed by atoms with E-state index in [1.165, 1.54) is 0 Å². The lowest BCUT2D eigenvalue weighted by molar-refractivity contribution is -0.00834. The zero-order valence-electron chi connectivity index (χ0n) is 21.3. The van der Waals surface area contributed by atoms with E-state index in [0.29, 0.717) is 13.2 Å². The number of likely N-dealkylation sites (N-methyl/N-ethyl adjacent to an activating group) is 1. The number of hydrogen-bond acceptors (Lipinski definition) is 6. The largest absolute Gasteiger partial charge is 0.493 e. The first-order chi connectivity index (χ1) is 15.4. The summed E-state index contributed by atoms with van der Waals surface area (Å²) < 4.78 is 17.0. The number of halogens is 1. The average molecular weight is 578 g/mol. The molecule has 0 saturated carbocycles. The van der Waals surface area contributed by atoms with Crippen LogP contribution in [0.1, 0.15) is 33.3 Å². The second-order valence-corrected chi connectivity index (χ2v) is 8.55. The standard InChI is InChI=1S/C24H43N5O3.HI/c1-7-28(8-2)11-16-32-21-10-9-20(17-22(21)30-6)18-26-23(25-5)27-19-24(3,4)29-12-14-31-15-13-29;/h9-10,17H,7-8,11-16,18-19H2,1-6H3,(H2,25,26,27);1H. The Morgan fingerprint density at radius 3 is 2.45 bits per heavy atom. The molecule has 1 aliphatic rings.